The van der Waals surface area contributed by atoms with Crippen LogP contribution in [0.5, 0.6) is 0 Å². The highest BCUT2D eigenvalue weighted by Gasteiger charge is 2.33. The Balaban J connectivity index is 2.50. The Hall–Kier alpha value is -1.95. The Morgan fingerprint density at radius 3 is 2.86 bits per heavy atom. The van der Waals surface area contributed by atoms with Gasteiger partial charge in [0.25, 0.3) is 0 Å². The standard InChI is InChI=1S/C11H7NO2/c1-12-11(14)9-6-10(13)8-5-3-2-4-7(8)9/h2-5,9H,6H2. The fourth-order valence-electron chi connectivity index (χ4n) is 1.76. The molecule has 1 atom stereocenters. The molecule has 1 aliphatic rings. The van der Waals surface area contributed by atoms with Gasteiger partial charge in [0.1, 0.15) is 0 Å². The van der Waals surface area contributed by atoms with Crippen molar-refractivity contribution in [3.8, 4) is 0 Å². The molecule has 0 N–H and O–H groups in total. The lowest BCUT2D eigenvalue weighted by Crippen LogP contribution is -2.04. The van der Waals surface area contributed by atoms with Gasteiger partial charge in [-0.3, -0.25) is 4.79 Å². The largest absolute Gasteiger partial charge is 0.363 e. The maximum Gasteiger partial charge on any atom is 0.363 e. The summed E-state index contributed by atoms with van der Waals surface area (Å²) in [6.07, 6.45) is 0.153. The van der Waals surface area contributed by atoms with Gasteiger partial charge in [0.15, 0.2) is 5.78 Å². The second-order valence-electron chi connectivity index (χ2n) is 3.22. The molecule has 0 saturated heterocycles. The van der Waals surface area contributed by atoms with Crippen LogP contribution >= 0.6 is 0 Å². The zero-order valence-corrected chi connectivity index (χ0v) is 7.36. The Labute approximate surface area is 81.2 Å². The summed E-state index contributed by atoms with van der Waals surface area (Å²) in [6, 6.07) is 6.99. The van der Waals surface area contributed by atoms with Gasteiger partial charge in [-0.2, -0.15) is 4.85 Å². The van der Waals surface area contributed by atoms with E-state index in [9.17, 15) is 9.59 Å². The number of nitrogens with zero attached hydrogens (tertiary/aromatic N) is 1. The van der Waals surface area contributed by atoms with E-state index in [0.29, 0.717) is 11.1 Å². The normalized spacial score (nSPS) is 18.8. The third-order valence-electron chi connectivity index (χ3n) is 2.43. The molecule has 14 heavy (non-hydrogen) atoms. The SMILES string of the molecule is [C-]#[N+]C(=O)C1CC(=O)c2ccccc21. The molecule has 1 aromatic rings. The van der Waals surface area contributed by atoms with Crippen molar-refractivity contribution in [1.82, 2.24) is 0 Å². The zero-order valence-electron chi connectivity index (χ0n) is 7.36. The smallest absolute Gasteiger partial charge is 0.314 e. The monoisotopic (exact) mass is 185 g/mol. The first-order valence-electron chi connectivity index (χ1n) is 4.27. The van der Waals surface area contributed by atoms with E-state index < -0.39 is 11.8 Å². The van der Waals surface area contributed by atoms with E-state index in [0.717, 1.165) is 0 Å². The van der Waals surface area contributed by atoms with Crippen LogP contribution in [0.1, 0.15) is 28.3 Å². The van der Waals surface area contributed by atoms with Crippen molar-refractivity contribution in [3.05, 3.63) is 46.8 Å². The number of carbonyl (C=O) groups excluding carboxylic acids is 2. The van der Waals surface area contributed by atoms with E-state index in [1.54, 1.807) is 24.3 Å². The van der Waals surface area contributed by atoms with E-state index >= 15 is 0 Å². The highest BCUT2D eigenvalue weighted by molar-refractivity contribution is 6.08. The number of fused-ring (bicyclic) bond motifs is 1. The van der Waals surface area contributed by atoms with Gasteiger partial charge in [0.05, 0.1) is 12.5 Å². The minimum atomic E-state index is -0.539. The van der Waals surface area contributed by atoms with Crippen molar-refractivity contribution in [2.45, 2.75) is 12.3 Å². The first-order valence-corrected chi connectivity index (χ1v) is 4.27. The Bertz CT molecular complexity index is 457. The fourth-order valence-corrected chi connectivity index (χ4v) is 1.76. The van der Waals surface area contributed by atoms with E-state index in [2.05, 4.69) is 4.85 Å². The molecule has 1 aromatic carbocycles. The lowest BCUT2D eigenvalue weighted by atomic mass is 10.0. The molecule has 2 rings (SSSR count). The molecular weight excluding hydrogens is 178 g/mol. The summed E-state index contributed by atoms with van der Waals surface area (Å²) in [4.78, 5) is 25.5. The van der Waals surface area contributed by atoms with Crippen LogP contribution in [0.15, 0.2) is 24.3 Å². The van der Waals surface area contributed by atoms with Crippen molar-refractivity contribution in [1.29, 1.82) is 0 Å². The van der Waals surface area contributed by atoms with Crippen LogP contribution in [-0.2, 0) is 4.79 Å². The molecule has 0 spiro atoms. The molecule has 0 fully saturated rings. The fraction of sp³-hybridized carbons (Fsp3) is 0.182. The summed E-state index contributed by atoms with van der Waals surface area (Å²) in [5, 5.41) is 0. The van der Waals surface area contributed by atoms with Crippen LogP contribution in [0.3, 0.4) is 0 Å². The summed E-state index contributed by atoms with van der Waals surface area (Å²) in [5.74, 6) is -1.11. The van der Waals surface area contributed by atoms with Crippen LogP contribution in [0.2, 0.25) is 0 Å². The van der Waals surface area contributed by atoms with E-state index in [1.165, 1.54) is 0 Å². The van der Waals surface area contributed by atoms with Gasteiger partial charge in [0, 0.05) is 12.0 Å². The first-order chi connectivity index (χ1) is 6.74. The quantitative estimate of drug-likeness (QED) is 0.626. The third-order valence-corrected chi connectivity index (χ3v) is 2.43. The van der Waals surface area contributed by atoms with Gasteiger partial charge in [-0.25, -0.2) is 0 Å². The van der Waals surface area contributed by atoms with Gasteiger partial charge in [-0.1, -0.05) is 24.3 Å². The highest BCUT2D eigenvalue weighted by Crippen LogP contribution is 2.33. The summed E-state index contributed by atoms with van der Waals surface area (Å²) in [7, 11) is 0. The average Bonchev–Trinajstić information content (AvgIpc) is 2.56. The molecule has 1 unspecified atom stereocenters. The lowest BCUT2D eigenvalue weighted by Gasteiger charge is -2.02. The van der Waals surface area contributed by atoms with Gasteiger partial charge < -0.3 is 4.79 Å². The number of hydrogen-bond donors (Lipinski definition) is 0. The van der Waals surface area contributed by atoms with Gasteiger partial charge >= 0.3 is 5.91 Å². The predicted octanol–water partition coefficient (Wildman–Crippen LogP) is 1.80. The molecule has 0 radical (unpaired) electrons. The molecule has 0 bridgehead atoms. The minimum absolute atomic E-state index is 0.0393. The van der Waals surface area contributed by atoms with E-state index in [-0.39, 0.29) is 12.2 Å². The van der Waals surface area contributed by atoms with Crippen LogP contribution in [-0.4, -0.2) is 11.7 Å². The van der Waals surface area contributed by atoms with Crippen LogP contribution in [0.25, 0.3) is 4.85 Å². The Morgan fingerprint density at radius 2 is 2.14 bits per heavy atom. The molecule has 0 aromatic heterocycles. The number of Topliss-reactive ketones (excluding diaryl/α,β-unsaturated/α-hetero) is 1. The molecule has 3 heteroatoms. The van der Waals surface area contributed by atoms with Crippen molar-refractivity contribution in [2.24, 2.45) is 0 Å². The van der Waals surface area contributed by atoms with Crippen molar-refractivity contribution in [3.63, 3.8) is 0 Å². The Morgan fingerprint density at radius 1 is 1.43 bits per heavy atom. The molecule has 0 saturated carbocycles. The van der Waals surface area contributed by atoms with E-state index in [4.69, 9.17) is 6.57 Å². The number of benzene rings is 1. The Kier molecular flexibility index (Phi) is 1.90. The molecule has 0 heterocycles. The number of carbonyl (C=O) groups is 2. The van der Waals surface area contributed by atoms with Gasteiger partial charge in [0.2, 0.25) is 0 Å². The maximum atomic E-state index is 11.4. The van der Waals surface area contributed by atoms with Crippen molar-refractivity contribution < 1.29 is 9.59 Å². The molecule has 68 valence electrons. The maximum absolute atomic E-state index is 11.4. The summed E-state index contributed by atoms with van der Waals surface area (Å²) in [5.41, 5.74) is 1.30. The van der Waals surface area contributed by atoms with Crippen molar-refractivity contribution in [2.75, 3.05) is 0 Å². The van der Waals surface area contributed by atoms with Crippen LogP contribution in [0.4, 0.5) is 0 Å². The first kappa shape index (κ1) is 8.64. The van der Waals surface area contributed by atoms with Crippen LogP contribution in [0, 0.1) is 6.57 Å². The summed E-state index contributed by atoms with van der Waals surface area (Å²) >= 11 is 0. The number of hydrogen-bond acceptors (Lipinski definition) is 2. The highest BCUT2D eigenvalue weighted by atomic mass is 16.1. The zero-order chi connectivity index (χ0) is 10.1. The molecule has 0 aliphatic heterocycles. The van der Waals surface area contributed by atoms with Gasteiger partial charge in [-0.15, -0.1) is 0 Å². The topological polar surface area (TPSA) is 38.5 Å². The second kappa shape index (κ2) is 3.08. The number of amides is 1. The molecule has 1 aliphatic carbocycles. The van der Waals surface area contributed by atoms with Crippen LogP contribution < -0.4 is 0 Å². The number of rotatable bonds is 1. The summed E-state index contributed by atoms with van der Waals surface area (Å²) < 4.78 is 0. The molecule has 1 amide bonds. The molecular formula is C11H7NO2. The number of ketones is 1. The minimum Gasteiger partial charge on any atom is -0.314 e. The molecule has 3 nitrogen and oxygen atoms in total. The summed E-state index contributed by atoms with van der Waals surface area (Å²) in [6.45, 7) is 6.64. The third kappa shape index (κ3) is 1.12. The second-order valence-corrected chi connectivity index (χ2v) is 3.22. The average molecular weight is 185 g/mol. The van der Waals surface area contributed by atoms with Crippen molar-refractivity contribution >= 4 is 11.7 Å². The lowest BCUT2D eigenvalue weighted by molar-refractivity contribution is -0.116. The van der Waals surface area contributed by atoms with Gasteiger partial charge in [-0.05, 0) is 5.56 Å². The predicted molar refractivity (Wildman–Crippen MR) is 49.7 cm³/mol. The van der Waals surface area contributed by atoms with E-state index in [1.807, 2.05) is 0 Å².